The average Bonchev–Trinajstić information content (AvgIpc) is 2.77. The highest BCUT2D eigenvalue weighted by Crippen LogP contribution is 2.24. The molecule has 172 valence electrons. The number of benzene rings is 1. The van der Waals surface area contributed by atoms with Crippen LogP contribution >= 0.6 is 0 Å². The Morgan fingerprint density at radius 1 is 1.28 bits per heavy atom. The van der Waals surface area contributed by atoms with Crippen molar-refractivity contribution in [3.63, 3.8) is 0 Å². The third-order valence-electron chi connectivity index (χ3n) is 5.79. The topological polar surface area (TPSA) is 82.9 Å². The lowest BCUT2D eigenvalue weighted by atomic mass is 9.96. The highest BCUT2D eigenvalue weighted by Gasteiger charge is 2.28. The Morgan fingerprint density at radius 3 is 2.62 bits per heavy atom. The van der Waals surface area contributed by atoms with Gasteiger partial charge in [-0.15, -0.1) is 0 Å². The van der Waals surface area contributed by atoms with Crippen molar-refractivity contribution < 1.29 is 19.1 Å². The van der Waals surface area contributed by atoms with Crippen molar-refractivity contribution in [2.24, 2.45) is 0 Å². The third kappa shape index (κ3) is 5.89. The molecule has 1 saturated heterocycles. The lowest BCUT2D eigenvalue weighted by Crippen LogP contribution is -2.43. The van der Waals surface area contributed by atoms with Crippen molar-refractivity contribution in [2.75, 3.05) is 26.3 Å². The number of carbonyl (C=O) groups excluding carboxylic acids is 2. The number of fused-ring (bicyclic) bond motifs is 1. The van der Waals surface area contributed by atoms with Crippen molar-refractivity contribution in [2.45, 2.75) is 65.1 Å². The molecule has 0 unspecified atom stereocenters. The van der Waals surface area contributed by atoms with E-state index in [1.54, 1.807) is 15.9 Å². The molecule has 7 nitrogen and oxygen atoms in total. The van der Waals surface area contributed by atoms with E-state index >= 15 is 0 Å². The molecule has 0 spiro atoms. The summed E-state index contributed by atoms with van der Waals surface area (Å²) in [7, 11) is 0. The molecule has 0 aromatic heterocycles. The van der Waals surface area contributed by atoms with Crippen molar-refractivity contribution in [3.05, 3.63) is 40.5 Å². The van der Waals surface area contributed by atoms with E-state index in [4.69, 9.17) is 9.47 Å². The van der Waals surface area contributed by atoms with Gasteiger partial charge in [0.15, 0.2) is 0 Å². The quantitative estimate of drug-likeness (QED) is 0.525. The van der Waals surface area contributed by atoms with Crippen LogP contribution in [-0.4, -0.2) is 59.7 Å². The predicted molar refractivity (Wildman–Crippen MR) is 122 cm³/mol. The summed E-state index contributed by atoms with van der Waals surface area (Å²) >= 11 is 0. The van der Waals surface area contributed by atoms with Crippen molar-refractivity contribution in [3.8, 4) is 6.07 Å². The molecule has 0 N–H and O–H groups in total. The molecule has 0 radical (unpaired) electrons. The summed E-state index contributed by atoms with van der Waals surface area (Å²) in [5, 5.41) is 9.70. The Kier molecular flexibility index (Phi) is 7.57. The van der Waals surface area contributed by atoms with E-state index in [9.17, 15) is 14.9 Å². The normalized spacial score (nSPS) is 17.3. The highest BCUT2D eigenvalue weighted by molar-refractivity contribution is 6.01. The SMILES string of the molecule is CCN(C(=O)/C(C#N)=C/c1ccc2c(c1)CN(C(=O)OC(C)(C)C)CC2)C1CCOCC1. The number of likely N-dealkylation sites (N-methyl/N-ethyl adjacent to an activating group) is 1. The summed E-state index contributed by atoms with van der Waals surface area (Å²) in [6.45, 7) is 10.4. The second-order valence-corrected chi connectivity index (χ2v) is 9.28. The molecule has 0 bridgehead atoms. The highest BCUT2D eigenvalue weighted by atomic mass is 16.6. The molecule has 2 aliphatic heterocycles. The molecule has 1 aromatic rings. The van der Waals surface area contributed by atoms with Crippen LogP contribution in [0, 0.1) is 11.3 Å². The molecule has 2 amide bonds. The Bertz CT molecular complexity index is 920. The van der Waals surface area contributed by atoms with Gasteiger partial charge in [-0.1, -0.05) is 12.1 Å². The van der Waals surface area contributed by atoms with Crippen LogP contribution in [0.4, 0.5) is 4.79 Å². The first kappa shape index (κ1) is 23.8. The molecule has 2 heterocycles. The van der Waals surface area contributed by atoms with Gasteiger partial charge in [0.05, 0.1) is 0 Å². The molecule has 0 aliphatic carbocycles. The predicted octanol–water partition coefficient (Wildman–Crippen LogP) is 3.91. The molecule has 2 aliphatic rings. The maximum absolute atomic E-state index is 13.1. The number of hydrogen-bond acceptors (Lipinski definition) is 5. The van der Waals surface area contributed by atoms with Crippen LogP contribution in [0.25, 0.3) is 6.08 Å². The summed E-state index contributed by atoms with van der Waals surface area (Å²) in [6.07, 6.45) is 3.65. The van der Waals surface area contributed by atoms with E-state index < -0.39 is 5.60 Å². The van der Waals surface area contributed by atoms with Gasteiger partial charge < -0.3 is 19.3 Å². The van der Waals surface area contributed by atoms with Gasteiger partial charge in [-0.3, -0.25) is 4.79 Å². The van der Waals surface area contributed by atoms with Gasteiger partial charge in [-0.2, -0.15) is 5.26 Å². The summed E-state index contributed by atoms with van der Waals surface area (Å²) in [5.74, 6) is -0.241. The van der Waals surface area contributed by atoms with Crippen LogP contribution in [0.2, 0.25) is 0 Å². The Labute approximate surface area is 190 Å². The minimum absolute atomic E-state index is 0.101. The number of nitrogens with zero attached hydrogens (tertiary/aromatic N) is 3. The van der Waals surface area contributed by atoms with E-state index in [0.29, 0.717) is 32.8 Å². The van der Waals surface area contributed by atoms with Gasteiger partial charge in [-0.25, -0.2) is 4.79 Å². The van der Waals surface area contributed by atoms with Crippen molar-refractivity contribution >= 4 is 18.1 Å². The van der Waals surface area contributed by atoms with E-state index in [2.05, 4.69) is 6.07 Å². The second-order valence-electron chi connectivity index (χ2n) is 9.28. The smallest absolute Gasteiger partial charge is 0.410 e. The number of carbonyl (C=O) groups is 2. The summed E-state index contributed by atoms with van der Waals surface area (Å²) in [4.78, 5) is 29.0. The van der Waals surface area contributed by atoms with Crippen LogP contribution in [-0.2, 0) is 27.2 Å². The molecule has 32 heavy (non-hydrogen) atoms. The van der Waals surface area contributed by atoms with E-state index in [0.717, 1.165) is 30.4 Å². The van der Waals surface area contributed by atoms with Gasteiger partial charge >= 0.3 is 6.09 Å². The van der Waals surface area contributed by atoms with E-state index in [1.807, 2.05) is 45.9 Å². The molecule has 1 aromatic carbocycles. The number of amides is 2. The van der Waals surface area contributed by atoms with Gasteiger partial charge in [0, 0.05) is 38.9 Å². The van der Waals surface area contributed by atoms with Crippen molar-refractivity contribution in [1.29, 1.82) is 5.26 Å². The molecule has 7 heteroatoms. The summed E-state index contributed by atoms with van der Waals surface area (Å²) in [6, 6.07) is 8.10. The summed E-state index contributed by atoms with van der Waals surface area (Å²) < 4.78 is 10.9. The van der Waals surface area contributed by atoms with Crippen LogP contribution in [0.3, 0.4) is 0 Å². The monoisotopic (exact) mass is 439 g/mol. The molecule has 0 atom stereocenters. The Hall–Kier alpha value is -2.85. The molecule has 3 rings (SSSR count). The first-order chi connectivity index (χ1) is 15.2. The van der Waals surface area contributed by atoms with E-state index in [1.165, 1.54) is 5.56 Å². The zero-order valence-electron chi connectivity index (χ0n) is 19.5. The van der Waals surface area contributed by atoms with Crippen LogP contribution in [0.1, 0.15) is 57.2 Å². The molecular formula is C25H33N3O4. The van der Waals surface area contributed by atoms with Gasteiger partial charge in [0.1, 0.15) is 17.2 Å². The largest absolute Gasteiger partial charge is 0.444 e. The molecule has 0 saturated carbocycles. The fraction of sp³-hybridized carbons (Fsp3) is 0.560. The standard InChI is InChI=1S/C25H33N3O4/c1-5-28(22-9-12-31-13-10-22)23(29)20(16-26)14-18-6-7-19-8-11-27(17-21(19)15-18)24(30)32-25(2,3)4/h6-7,14-15,22H,5,8-13,17H2,1-4H3/b20-14+. The maximum Gasteiger partial charge on any atom is 0.410 e. The van der Waals surface area contributed by atoms with Crippen molar-refractivity contribution in [1.82, 2.24) is 9.80 Å². The fourth-order valence-electron chi connectivity index (χ4n) is 4.18. The third-order valence-corrected chi connectivity index (χ3v) is 5.79. The average molecular weight is 440 g/mol. The number of ether oxygens (including phenoxy) is 2. The molecular weight excluding hydrogens is 406 g/mol. The van der Waals surface area contributed by atoms with Gasteiger partial charge in [0.2, 0.25) is 0 Å². The number of nitriles is 1. The lowest BCUT2D eigenvalue weighted by molar-refractivity contribution is -0.130. The Balaban J connectivity index is 1.78. The maximum atomic E-state index is 13.1. The zero-order chi connectivity index (χ0) is 23.3. The number of rotatable bonds is 4. The van der Waals surface area contributed by atoms with E-state index in [-0.39, 0.29) is 23.6 Å². The van der Waals surface area contributed by atoms with Crippen LogP contribution in [0.15, 0.2) is 23.8 Å². The second kappa shape index (κ2) is 10.2. The Morgan fingerprint density at radius 2 is 2.00 bits per heavy atom. The lowest BCUT2D eigenvalue weighted by Gasteiger charge is -2.33. The number of hydrogen-bond donors (Lipinski definition) is 0. The van der Waals surface area contributed by atoms with Crippen LogP contribution < -0.4 is 0 Å². The van der Waals surface area contributed by atoms with Crippen LogP contribution in [0.5, 0.6) is 0 Å². The summed E-state index contributed by atoms with van der Waals surface area (Å²) in [5.41, 5.74) is 2.54. The van der Waals surface area contributed by atoms with Gasteiger partial charge in [-0.05, 0) is 75.8 Å². The first-order valence-electron chi connectivity index (χ1n) is 11.3. The van der Waals surface area contributed by atoms with Gasteiger partial charge in [0.25, 0.3) is 5.91 Å². The zero-order valence-corrected chi connectivity index (χ0v) is 19.5. The fourth-order valence-corrected chi connectivity index (χ4v) is 4.18. The molecule has 1 fully saturated rings. The minimum atomic E-state index is -0.542. The minimum Gasteiger partial charge on any atom is -0.444 e. The first-order valence-corrected chi connectivity index (χ1v) is 11.3.